The maximum Gasteiger partial charge on any atom is 0.362 e. The fraction of sp³-hybridized carbons (Fsp3) is 0.0800. The lowest BCUT2D eigenvalue weighted by atomic mass is 10.1. The van der Waals surface area contributed by atoms with E-state index in [1.807, 2.05) is 0 Å². The van der Waals surface area contributed by atoms with E-state index < -0.39 is 34.9 Å². The summed E-state index contributed by atoms with van der Waals surface area (Å²) >= 11 is 0. The number of hydroxylamine groups is 1. The Kier molecular flexibility index (Phi) is 7.19. The first kappa shape index (κ1) is 25.0. The van der Waals surface area contributed by atoms with Crippen LogP contribution in [0.4, 0.5) is 8.78 Å². The summed E-state index contributed by atoms with van der Waals surface area (Å²) in [6, 6.07) is 12.1. The Hall–Kier alpha value is -5.13. The van der Waals surface area contributed by atoms with Crippen LogP contribution in [0.2, 0.25) is 0 Å². The second kappa shape index (κ2) is 10.6. The smallest absolute Gasteiger partial charge is 0.362 e. The second-order valence-electron chi connectivity index (χ2n) is 7.28. The molecule has 0 radical (unpaired) electrons. The molecule has 12 heteroatoms. The second-order valence-corrected chi connectivity index (χ2v) is 7.28. The summed E-state index contributed by atoms with van der Waals surface area (Å²) in [7, 11) is 2.87. The summed E-state index contributed by atoms with van der Waals surface area (Å²) in [5, 5.41) is 0.348. The SMILES string of the molecule is COc1cc2ncnc(Oc3cc(F)c(C(=O)C(=O)NOC(=O)c4ccccc4)c(F)c3)c2cc1OC. The van der Waals surface area contributed by atoms with Crippen LogP contribution in [0.25, 0.3) is 10.9 Å². The summed E-state index contributed by atoms with van der Waals surface area (Å²) < 4.78 is 45.5. The first-order valence-corrected chi connectivity index (χ1v) is 10.5. The first-order chi connectivity index (χ1) is 17.8. The van der Waals surface area contributed by atoms with E-state index in [9.17, 15) is 23.2 Å². The molecule has 1 heterocycles. The van der Waals surface area contributed by atoms with Crippen LogP contribution >= 0.6 is 0 Å². The molecule has 0 aliphatic heterocycles. The number of aromatic nitrogens is 2. The van der Waals surface area contributed by atoms with Crippen LogP contribution in [0.5, 0.6) is 23.1 Å². The highest BCUT2D eigenvalue weighted by atomic mass is 19.1. The van der Waals surface area contributed by atoms with Gasteiger partial charge in [0.1, 0.15) is 23.7 Å². The van der Waals surface area contributed by atoms with E-state index in [4.69, 9.17) is 14.2 Å². The molecule has 37 heavy (non-hydrogen) atoms. The molecule has 0 aliphatic carbocycles. The van der Waals surface area contributed by atoms with Gasteiger partial charge in [-0.3, -0.25) is 9.59 Å². The van der Waals surface area contributed by atoms with Crippen molar-refractivity contribution in [1.82, 2.24) is 15.4 Å². The zero-order valence-corrected chi connectivity index (χ0v) is 19.3. The summed E-state index contributed by atoms with van der Waals surface area (Å²) in [4.78, 5) is 48.9. The van der Waals surface area contributed by atoms with Gasteiger partial charge in [-0.15, -0.1) is 0 Å². The number of nitrogens with zero attached hydrogens (tertiary/aromatic N) is 2. The van der Waals surface area contributed by atoms with Crippen LogP contribution in [-0.4, -0.2) is 41.8 Å². The zero-order valence-electron chi connectivity index (χ0n) is 19.3. The Morgan fingerprint density at radius 1 is 0.865 bits per heavy atom. The molecular formula is C25H17F2N3O7. The van der Waals surface area contributed by atoms with Gasteiger partial charge in [0.25, 0.3) is 5.78 Å². The van der Waals surface area contributed by atoms with Crippen molar-refractivity contribution in [2.24, 2.45) is 0 Å². The topological polar surface area (TPSA) is 126 Å². The fourth-order valence-electron chi connectivity index (χ4n) is 3.26. The van der Waals surface area contributed by atoms with Crippen molar-refractivity contribution < 1.29 is 42.2 Å². The molecule has 4 rings (SSSR count). The molecule has 0 bridgehead atoms. The van der Waals surface area contributed by atoms with Gasteiger partial charge in [0.05, 0.1) is 36.2 Å². The van der Waals surface area contributed by atoms with E-state index in [0.717, 1.165) is 0 Å². The van der Waals surface area contributed by atoms with Gasteiger partial charge < -0.3 is 19.0 Å². The van der Waals surface area contributed by atoms with Gasteiger partial charge in [-0.1, -0.05) is 18.2 Å². The van der Waals surface area contributed by atoms with E-state index in [2.05, 4.69) is 14.8 Å². The van der Waals surface area contributed by atoms with Crippen LogP contribution in [0.1, 0.15) is 20.7 Å². The number of hydrogen-bond acceptors (Lipinski definition) is 9. The number of ether oxygens (including phenoxy) is 3. The van der Waals surface area contributed by atoms with E-state index in [1.54, 1.807) is 29.7 Å². The average Bonchev–Trinajstić information content (AvgIpc) is 2.90. The van der Waals surface area contributed by atoms with Crippen LogP contribution in [0.3, 0.4) is 0 Å². The molecule has 0 fully saturated rings. The van der Waals surface area contributed by atoms with Crippen LogP contribution < -0.4 is 19.7 Å². The molecule has 188 valence electrons. The number of methoxy groups -OCH3 is 2. The monoisotopic (exact) mass is 509 g/mol. The van der Waals surface area contributed by atoms with Gasteiger partial charge in [-0.25, -0.2) is 23.5 Å². The molecule has 0 atom stereocenters. The molecule has 0 saturated carbocycles. The van der Waals surface area contributed by atoms with Crippen molar-refractivity contribution in [3.8, 4) is 23.1 Å². The maximum absolute atomic E-state index is 14.7. The molecule has 1 N–H and O–H groups in total. The number of Topliss-reactive ketones (excluding diaryl/α,β-unsaturated/α-hetero) is 1. The van der Waals surface area contributed by atoms with E-state index in [-0.39, 0.29) is 17.2 Å². The normalized spacial score (nSPS) is 10.5. The minimum atomic E-state index is -1.60. The van der Waals surface area contributed by atoms with E-state index >= 15 is 0 Å². The van der Waals surface area contributed by atoms with Gasteiger partial charge in [0.2, 0.25) is 5.88 Å². The first-order valence-electron chi connectivity index (χ1n) is 10.5. The number of fused-ring (bicyclic) bond motifs is 1. The molecule has 0 unspecified atom stereocenters. The zero-order chi connectivity index (χ0) is 26.5. The number of benzene rings is 3. The molecule has 0 spiro atoms. The molecule has 10 nitrogen and oxygen atoms in total. The van der Waals surface area contributed by atoms with Crippen molar-refractivity contribution in [3.05, 3.63) is 83.7 Å². The minimum absolute atomic E-state index is 0.0607. The van der Waals surface area contributed by atoms with Gasteiger partial charge in [0.15, 0.2) is 11.5 Å². The highest BCUT2D eigenvalue weighted by Gasteiger charge is 2.27. The van der Waals surface area contributed by atoms with Crippen LogP contribution in [0, 0.1) is 11.6 Å². The van der Waals surface area contributed by atoms with E-state index in [1.165, 1.54) is 38.7 Å². The molecule has 0 aliphatic rings. The van der Waals surface area contributed by atoms with E-state index in [0.29, 0.717) is 34.5 Å². The molecule has 4 aromatic rings. The number of carbonyl (C=O) groups is 3. The van der Waals surface area contributed by atoms with Crippen molar-refractivity contribution in [2.75, 3.05) is 14.2 Å². The lowest BCUT2D eigenvalue weighted by Gasteiger charge is -2.12. The molecule has 0 saturated heterocycles. The molecular weight excluding hydrogens is 492 g/mol. The third-order valence-corrected chi connectivity index (χ3v) is 5.01. The van der Waals surface area contributed by atoms with Gasteiger partial charge in [-0.2, -0.15) is 5.48 Å². The summed E-state index contributed by atoms with van der Waals surface area (Å²) in [6.45, 7) is 0. The predicted octanol–water partition coefficient (Wildman–Crippen LogP) is 3.79. The number of ketones is 1. The number of nitrogens with one attached hydrogen (secondary N) is 1. The molecule has 3 aromatic carbocycles. The average molecular weight is 509 g/mol. The molecule has 1 aromatic heterocycles. The fourth-order valence-corrected chi connectivity index (χ4v) is 3.26. The Morgan fingerprint density at radius 3 is 2.16 bits per heavy atom. The summed E-state index contributed by atoms with van der Waals surface area (Å²) in [5.74, 6) is -6.58. The lowest BCUT2D eigenvalue weighted by molar-refractivity contribution is -0.125. The van der Waals surface area contributed by atoms with Crippen molar-refractivity contribution >= 4 is 28.6 Å². The molecule has 1 amide bonds. The number of amides is 1. The van der Waals surface area contributed by atoms with Crippen LogP contribution in [0.15, 0.2) is 60.9 Å². The van der Waals surface area contributed by atoms with Crippen LogP contribution in [-0.2, 0) is 9.63 Å². The Balaban J connectivity index is 1.54. The highest BCUT2D eigenvalue weighted by molar-refractivity contribution is 6.42. The van der Waals surface area contributed by atoms with Crippen molar-refractivity contribution in [1.29, 1.82) is 0 Å². The number of halogens is 2. The standard InChI is InChI=1S/C25H17F2N3O7/c1-34-19-10-15-18(11-20(19)35-2)28-12-29-24(15)36-14-8-16(26)21(17(27)9-14)22(31)23(32)30-37-25(33)13-6-4-3-5-7-13/h3-12H,1-2H3,(H,30,32). The van der Waals surface area contributed by atoms with Crippen molar-refractivity contribution in [2.45, 2.75) is 0 Å². The number of carbonyl (C=O) groups excluding carboxylic acids is 3. The third kappa shape index (κ3) is 5.27. The summed E-state index contributed by atoms with van der Waals surface area (Å²) in [5.41, 5.74) is 0.905. The Bertz CT molecular complexity index is 1490. The summed E-state index contributed by atoms with van der Waals surface area (Å²) in [6.07, 6.45) is 1.18. The highest BCUT2D eigenvalue weighted by Crippen LogP contribution is 2.36. The van der Waals surface area contributed by atoms with Gasteiger partial charge in [0, 0.05) is 18.2 Å². The van der Waals surface area contributed by atoms with Gasteiger partial charge in [-0.05, 0) is 18.2 Å². The third-order valence-electron chi connectivity index (χ3n) is 5.01. The number of hydrogen-bond donors (Lipinski definition) is 1. The van der Waals surface area contributed by atoms with Crippen molar-refractivity contribution in [3.63, 3.8) is 0 Å². The largest absolute Gasteiger partial charge is 0.493 e. The Labute approximate surface area is 207 Å². The Morgan fingerprint density at radius 2 is 1.51 bits per heavy atom. The minimum Gasteiger partial charge on any atom is -0.493 e. The lowest BCUT2D eigenvalue weighted by Crippen LogP contribution is -2.34. The quantitative estimate of drug-likeness (QED) is 0.225. The number of rotatable bonds is 7. The maximum atomic E-state index is 14.7. The van der Waals surface area contributed by atoms with Gasteiger partial charge >= 0.3 is 11.9 Å². The predicted molar refractivity (Wildman–Crippen MR) is 123 cm³/mol.